The minimum atomic E-state index is -3.78. The van der Waals surface area contributed by atoms with Crippen LogP contribution in [0.15, 0.2) is 130 Å². The van der Waals surface area contributed by atoms with Crippen molar-refractivity contribution in [2.75, 3.05) is 7.11 Å². The van der Waals surface area contributed by atoms with Crippen molar-refractivity contribution in [2.45, 2.75) is 36.0 Å². The van der Waals surface area contributed by atoms with Crippen molar-refractivity contribution in [3.05, 3.63) is 137 Å². The van der Waals surface area contributed by atoms with Gasteiger partial charge in [0.15, 0.2) is 0 Å². The van der Waals surface area contributed by atoms with E-state index in [4.69, 9.17) is 4.74 Å². The van der Waals surface area contributed by atoms with Gasteiger partial charge in [0, 0.05) is 43.4 Å². The first-order valence-electron chi connectivity index (χ1n) is 17.4. The molecule has 0 saturated carbocycles. The molecule has 4 aromatic heterocycles. The molecule has 0 N–H and O–H groups in total. The molecule has 11 rings (SSSR count). The Morgan fingerprint density at radius 1 is 0.635 bits per heavy atom. The molecule has 0 bridgehead atoms. The smallest absolute Gasteiger partial charge is 0.207 e. The lowest BCUT2D eigenvalue weighted by atomic mass is 9.76. The van der Waals surface area contributed by atoms with Crippen molar-refractivity contribution in [2.24, 2.45) is 0 Å². The molecule has 52 heavy (non-hydrogen) atoms. The van der Waals surface area contributed by atoms with Crippen LogP contribution >= 0.6 is 11.3 Å². The normalized spacial score (nSPS) is 15.0. The van der Waals surface area contributed by atoms with Crippen molar-refractivity contribution in [1.82, 2.24) is 8.97 Å². The third kappa shape index (κ3) is 3.74. The van der Waals surface area contributed by atoms with Gasteiger partial charge < -0.3 is 9.30 Å². The minimum absolute atomic E-state index is 0.368. The molecule has 10 aromatic rings. The highest BCUT2D eigenvalue weighted by Crippen LogP contribution is 2.49. The molecule has 7 heteroatoms. The van der Waals surface area contributed by atoms with Gasteiger partial charge in [0.05, 0.1) is 39.0 Å². The Kier molecular flexibility index (Phi) is 5.79. The molecule has 0 aliphatic carbocycles. The van der Waals surface area contributed by atoms with Gasteiger partial charge in [-0.25, -0.2) is 8.42 Å². The Labute approximate surface area is 304 Å². The number of aryl methyl sites for hydroxylation is 1. The van der Waals surface area contributed by atoms with Crippen molar-refractivity contribution in [3.8, 4) is 22.6 Å². The summed E-state index contributed by atoms with van der Waals surface area (Å²) in [5.41, 5.74) is 9.75. The second-order valence-electron chi connectivity index (χ2n) is 14.7. The lowest BCUT2D eigenvalue weighted by molar-refractivity contribution is 0.415. The van der Waals surface area contributed by atoms with E-state index in [2.05, 4.69) is 120 Å². The molecule has 0 saturated heterocycles. The summed E-state index contributed by atoms with van der Waals surface area (Å²) in [4.78, 5) is 2.00. The monoisotopic (exact) mass is 712 g/mol. The SMILES string of the molecule is COc1ccc2c(c1)c1cc(C)ccc1n2-c1ccc2c(c1)C(C)(C)c1cc(-c3cc4c5ccccc5n5c6sccc6c(c3)c45)ccc1S2(=O)=O. The second kappa shape index (κ2) is 10.0. The summed E-state index contributed by atoms with van der Waals surface area (Å²) in [5.74, 6) is 0.799. The van der Waals surface area contributed by atoms with Crippen LogP contribution in [0.2, 0.25) is 0 Å². The maximum Gasteiger partial charge on any atom is 0.207 e. The van der Waals surface area contributed by atoms with Crippen LogP contribution in [0.1, 0.15) is 30.5 Å². The van der Waals surface area contributed by atoms with E-state index in [0.29, 0.717) is 9.79 Å². The van der Waals surface area contributed by atoms with Gasteiger partial charge in [-0.1, -0.05) is 49.7 Å². The number of para-hydroxylation sites is 1. The first-order valence-corrected chi connectivity index (χ1v) is 19.8. The zero-order chi connectivity index (χ0) is 35.3. The maximum absolute atomic E-state index is 14.4. The third-order valence-electron chi connectivity index (χ3n) is 11.5. The summed E-state index contributed by atoms with van der Waals surface area (Å²) >= 11 is 1.77. The molecule has 0 amide bonds. The van der Waals surface area contributed by atoms with Crippen LogP contribution in [0.5, 0.6) is 5.75 Å². The number of rotatable bonds is 3. The average molecular weight is 713 g/mol. The first-order chi connectivity index (χ1) is 25.1. The second-order valence-corrected chi connectivity index (χ2v) is 17.5. The topological polar surface area (TPSA) is 52.7 Å². The van der Waals surface area contributed by atoms with Crippen LogP contribution in [0.4, 0.5) is 0 Å². The molecule has 252 valence electrons. The number of hydrogen-bond donors (Lipinski definition) is 0. The summed E-state index contributed by atoms with van der Waals surface area (Å²) < 4.78 is 39.1. The van der Waals surface area contributed by atoms with Gasteiger partial charge in [0.25, 0.3) is 0 Å². The van der Waals surface area contributed by atoms with Crippen molar-refractivity contribution < 1.29 is 13.2 Å². The van der Waals surface area contributed by atoms with E-state index in [-0.39, 0.29) is 0 Å². The van der Waals surface area contributed by atoms with E-state index in [1.54, 1.807) is 24.5 Å². The van der Waals surface area contributed by atoms with Gasteiger partial charge in [0.1, 0.15) is 10.6 Å². The van der Waals surface area contributed by atoms with E-state index in [1.807, 2.05) is 24.3 Å². The van der Waals surface area contributed by atoms with Gasteiger partial charge in [-0.3, -0.25) is 4.40 Å². The number of thiophene rings is 1. The lowest BCUT2D eigenvalue weighted by Crippen LogP contribution is -2.30. The molecule has 0 radical (unpaired) electrons. The van der Waals surface area contributed by atoms with Crippen molar-refractivity contribution in [1.29, 1.82) is 0 Å². The van der Waals surface area contributed by atoms with Crippen LogP contribution in [0.25, 0.3) is 76.0 Å². The highest BCUT2D eigenvalue weighted by molar-refractivity contribution is 7.91. The Balaban J connectivity index is 1.12. The molecule has 0 fully saturated rings. The van der Waals surface area contributed by atoms with E-state index < -0.39 is 15.3 Å². The van der Waals surface area contributed by atoms with Crippen LogP contribution in [0, 0.1) is 6.92 Å². The molecule has 5 nitrogen and oxygen atoms in total. The van der Waals surface area contributed by atoms with E-state index in [1.165, 1.54) is 43.0 Å². The predicted octanol–water partition coefficient (Wildman–Crippen LogP) is 11.5. The quantitative estimate of drug-likeness (QED) is 0.183. The van der Waals surface area contributed by atoms with Gasteiger partial charge in [0.2, 0.25) is 9.84 Å². The first kappa shape index (κ1) is 30.0. The van der Waals surface area contributed by atoms with Gasteiger partial charge in [-0.15, -0.1) is 11.3 Å². The van der Waals surface area contributed by atoms with Crippen LogP contribution < -0.4 is 4.74 Å². The Morgan fingerprint density at radius 2 is 1.35 bits per heavy atom. The van der Waals surface area contributed by atoms with Gasteiger partial charge >= 0.3 is 0 Å². The number of aromatic nitrogens is 2. The molecule has 0 spiro atoms. The van der Waals surface area contributed by atoms with Gasteiger partial charge in [-0.2, -0.15) is 0 Å². The zero-order valence-electron chi connectivity index (χ0n) is 29.0. The maximum atomic E-state index is 14.4. The molecule has 6 aromatic carbocycles. The molecular formula is C45H32N2O3S2. The molecule has 5 heterocycles. The largest absolute Gasteiger partial charge is 0.497 e. The lowest BCUT2D eigenvalue weighted by Gasteiger charge is -2.35. The molecule has 0 unspecified atom stereocenters. The van der Waals surface area contributed by atoms with E-state index in [9.17, 15) is 8.42 Å². The highest BCUT2D eigenvalue weighted by atomic mass is 32.2. The number of methoxy groups -OCH3 is 1. The summed E-state index contributed by atoms with van der Waals surface area (Å²) in [6.07, 6.45) is 0. The number of benzene rings is 6. The van der Waals surface area contributed by atoms with E-state index >= 15 is 0 Å². The van der Waals surface area contributed by atoms with Crippen LogP contribution in [0.3, 0.4) is 0 Å². The fraction of sp³-hybridized carbons (Fsp3) is 0.111. The van der Waals surface area contributed by atoms with E-state index in [0.717, 1.165) is 55.5 Å². The number of hydrogen-bond acceptors (Lipinski definition) is 4. The highest BCUT2D eigenvalue weighted by Gasteiger charge is 2.41. The summed E-state index contributed by atoms with van der Waals surface area (Å²) in [5, 5.41) is 9.29. The average Bonchev–Trinajstić information content (AvgIpc) is 3.91. The summed E-state index contributed by atoms with van der Waals surface area (Å²) in [6.45, 7) is 6.41. The number of sulfone groups is 1. The van der Waals surface area contributed by atoms with Crippen LogP contribution in [-0.4, -0.2) is 24.5 Å². The fourth-order valence-electron chi connectivity index (χ4n) is 8.96. The zero-order valence-corrected chi connectivity index (χ0v) is 30.6. The number of nitrogens with zero attached hydrogens (tertiary/aromatic N) is 2. The molecule has 1 aliphatic heterocycles. The molecule has 0 atom stereocenters. The van der Waals surface area contributed by atoms with Crippen LogP contribution in [-0.2, 0) is 15.3 Å². The summed E-state index contributed by atoms with van der Waals surface area (Å²) in [6, 6.07) is 39.8. The predicted molar refractivity (Wildman–Crippen MR) is 214 cm³/mol. The number of ether oxygens (including phenoxy) is 1. The summed E-state index contributed by atoms with van der Waals surface area (Å²) in [7, 11) is -2.09. The van der Waals surface area contributed by atoms with Crippen molar-refractivity contribution >= 4 is 80.4 Å². The Morgan fingerprint density at radius 3 is 2.15 bits per heavy atom. The minimum Gasteiger partial charge on any atom is -0.497 e. The van der Waals surface area contributed by atoms with Crippen molar-refractivity contribution in [3.63, 3.8) is 0 Å². The Hall–Kier alpha value is -5.63. The third-order valence-corrected chi connectivity index (χ3v) is 14.3. The van der Waals surface area contributed by atoms with Gasteiger partial charge in [-0.05, 0) is 119 Å². The Bertz CT molecular complexity index is 3290. The fourth-order valence-corrected chi connectivity index (χ4v) is 11.8. The molecule has 1 aliphatic rings. The standard InChI is InChI=1S/C45H32N2O3S2/c1-25-9-13-39-32(19-25)33-24-29(50-4)12-14-40(33)46(39)28-11-16-42-37(23-28)45(2,3)36-22-26(10-15-41(36)52(42,48)49)27-20-34-30-7-5-6-8-38(30)47-43(34)35(21-27)31-17-18-51-44(31)47/h5-24H,1-4H3. The number of fused-ring (bicyclic) bond motifs is 11. The molecular weight excluding hydrogens is 681 g/mol.